The van der Waals surface area contributed by atoms with Crippen LogP contribution in [0.1, 0.15) is 25.2 Å². The maximum atomic E-state index is 11.7. The number of halogens is 1. The summed E-state index contributed by atoms with van der Waals surface area (Å²) in [4.78, 5) is 27.2. The second-order valence-corrected chi connectivity index (χ2v) is 6.07. The van der Waals surface area contributed by atoms with Gasteiger partial charge in [-0.3, -0.25) is 14.9 Å². The Morgan fingerprint density at radius 1 is 1.31 bits per heavy atom. The number of rotatable bonds is 7. The summed E-state index contributed by atoms with van der Waals surface area (Å²) in [5, 5.41) is 20.2. The summed E-state index contributed by atoms with van der Waals surface area (Å²) in [5.41, 5.74) is -1.28. The Kier molecular flexibility index (Phi) is 6.55. The van der Waals surface area contributed by atoms with Gasteiger partial charge in [-0.05, 0) is 60.2 Å². The summed E-state index contributed by atoms with van der Waals surface area (Å²) in [7, 11) is 0. The number of aromatic hydroxyl groups is 1. The van der Waals surface area contributed by atoms with E-state index in [9.17, 15) is 20.0 Å². The molecule has 1 heterocycles. The molecular weight excluding hydrogens is 457 g/mol. The van der Waals surface area contributed by atoms with Crippen molar-refractivity contribution in [2.75, 3.05) is 13.2 Å². The van der Waals surface area contributed by atoms with Crippen molar-refractivity contribution in [3.8, 4) is 17.4 Å². The highest BCUT2D eigenvalue weighted by atomic mass is 127. The van der Waals surface area contributed by atoms with E-state index >= 15 is 0 Å². The van der Waals surface area contributed by atoms with Crippen LogP contribution in [0, 0.1) is 13.7 Å². The maximum Gasteiger partial charge on any atom is 0.395 e. The van der Waals surface area contributed by atoms with Crippen molar-refractivity contribution in [1.29, 1.82) is 0 Å². The fourth-order valence-corrected chi connectivity index (χ4v) is 2.90. The molecule has 0 amide bonds. The van der Waals surface area contributed by atoms with Crippen LogP contribution in [0.15, 0.2) is 16.9 Å². The van der Waals surface area contributed by atoms with Crippen molar-refractivity contribution < 1.29 is 19.5 Å². The number of aromatic nitrogens is 2. The molecule has 0 fully saturated rings. The molecule has 1 aromatic heterocycles. The Labute approximate surface area is 162 Å². The lowest BCUT2D eigenvalue weighted by atomic mass is 10.2. The van der Waals surface area contributed by atoms with E-state index in [0.717, 1.165) is 9.13 Å². The summed E-state index contributed by atoms with van der Waals surface area (Å²) in [5.74, 6) is 0.273. The molecule has 10 heteroatoms. The topological polar surface area (TPSA) is 128 Å². The minimum absolute atomic E-state index is 0.0139. The van der Waals surface area contributed by atoms with Gasteiger partial charge >= 0.3 is 11.2 Å². The van der Waals surface area contributed by atoms with E-state index in [0.29, 0.717) is 24.7 Å². The molecule has 0 saturated heterocycles. The molecule has 2 rings (SSSR count). The lowest BCUT2D eigenvalue weighted by Gasteiger charge is -2.13. The Morgan fingerprint density at radius 3 is 2.58 bits per heavy atom. The molecule has 0 aliphatic heterocycles. The Morgan fingerprint density at radius 2 is 2.00 bits per heavy atom. The summed E-state index contributed by atoms with van der Waals surface area (Å²) in [6.45, 7) is 4.70. The highest BCUT2D eigenvalue weighted by Gasteiger charge is 2.21. The van der Waals surface area contributed by atoms with Gasteiger partial charge in [-0.2, -0.15) is 4.98 Å². The molecule has 0 unspecified atom stereocenters. The SMILES string of the molecule is CCOc1cc(C=Cc2nc(O)c([N+](=O)[O-])c(=O)[nH]2)cc(I)c1OCC. The fraction of sp³-hybridized carbons (Fsp3) is 0.250. The van der Waals surface area contributed by atoms with Crippen LogP contribution >= 0.6 is 22.6 Å². The Bertz CT molecular complexity index is 910. The van der Waals surface area contributed by atoms with Gasteiger partial charge in [0.15, 0.2) is 11.5 Å². The number of ether oxygens (including phenoxy) is 2. The van der Waals surface area contributed by atoms with Crippen LogP contribution in [-0.4, -0.2) is 33.2 Å². The van der Waals surface area contributed by atoms with E-state index < -0.39 is 22.0 Å². The number of aromatic amines is 1. The molecule has 9 nitrogen and oxygen atoms in total. The first-order chi connectivity index (χ1) is 12.4. The average molecular weight is 473 g/mol. The second-order valence-electron chi connectivity index (χ2n) is 4.91. The van der Waals surface area contributed by atoms with E-state index in [4.69, 9.17) is 9.47 Å². The van der Waals surface area contributed by atoms with Crippen LogP contribution in [0.25, 0.3) is 12.2 Å². The molecule has 0 bridgehead atoms. The number of hydrogen-bond donors (Lipinski definition) is 2. The molecular formula is C16H16IN3O6. The summed E-state index contributed by atoms with van der Waals surface area (Å²) in [6, 6.07) is 3.60. The van der Waals surface area contributed by atoms with Crippen molar-refractivity contribution in [3.63, 3.8) is 0 Å². The first kappa shape index (κ1) is 19.7. The molecule has 2 N–H and O–H groups in total. The molecule has 0 spiro atoms. The highest BCUT2D eigenvalue weighted by Crippen LogP contribution is 2.34. The van der Waals surface area contributed by atoms with Crippen LogP contribution < -0.4 is 15.0 Å². The van der Waals surface area contributed by atoms with Crippen LogP contribution in [0.4, 0.5) is 5.69 Å². The van der Waals surface area contributed by atoms with Gasteiger partial charge in [0.05, 0.1) is 21.7 Å². The standard InChI is InChI=1S/C16H16IN3O6/c1-3-25-11-8-9(7-10(17)14(11)26-4-2)5-6-12-18-15(21)13(20(23)24)16(22)19-12/h5-8H,3-4H2,1-2H3,(H2,18,19,21,22). The van der Waals surface area contributed by atoms with Crippen LogP contribution in [-0.2, 0) is 0 Å². The lowest BCUT2D eigenvalue weighted by Crippen LogP contribution is -2.14. The van der Waals surface area contributed by atoms with Gasteiger partial charge in [0, 0.05) is 0 Å². The van der Waals surface area contributed by atoms with Crippen molar-refractivity contribution in [1.82, 2.24) is 9.97 Å². The third-order valence-electron chi connectivity index (χ3n) is 3.13. The number of H-pyrrole nitrogens is 1. The maximum absolute atomic E-state index is 11.7. The van der Waals surface area contributed by atoms with E-state index in [-0.39, 0.29) is 5.82 Å². The number of nitrogens with one attached hydrogen (secondary N) is 1. The average Bonchev–Trinajstić information content (AvgIpc) is 2.55. The first-order valence-electron chi connectivity index (χ1n) is 7.62. The normalized spacial score (nSPS) is 10.9. The molecule has 2 aromatic rings. The number of hydrogen-bond acceptors (Lipinski definition) is 7. The molecule has 1 aromatic carbocycles. The zero-order valence-corrected chi connectivity index (χ0v) is 16.1. The zero-order chi connectivity index (χ0) is 19.3. The lowest BCUT2D eigenvalue weighted by molar-refractivity contribution is -0.387. The predicted molar refractivity (Wildman–Crippen MR) is 104 cm³/mol. The van der Waals surface area contributed by atoms with Crippen molar-refractivity contribution in [2.24, 2.45) is 0 Å². The van der Waals surface area contributed by atoms with E-state index in [1.807, 2.05) is 19.9 Å². The third-order valence-corrected chi connectivity index (χ3v) is 3.93. The third kappa shape index (κ3) is 4.50. The molecule has 0 saturated carbocycles. The Hall–Kier alpha value is -2.63. The van der Waals surface area contributed by atoms with Gasteiger partial charge in [-0.15, -0.1) is 0 Å². The number of nitro groups is 1. The van der Waals surface area contributed by atoms with Crippen LogP contribution in [0.2, 0.25) is 0 Å². The predicted octanol–water partition coefficient (Wildman–Crippen LogP) is 2.96. The van der Waals surface area contributed by atoms with E-state index in [1.165, 1.54) is 6.08 Å². The minimum Gasteiger partial charge on any atom is -0.490 e. The molecule has 0 atom stereocenters. The van der Waals surface area contributed by atoms with Gasteiger partial charge in [0.25, 0.3) is 5.88 Å². The van der Waals surface area contributed by atoms with Gasteiger partial charge < -0.3 is 19.6 Å². The van der Waals surface area contributed by atoms with Gasteiger partial charge in [-0.25, -0.2) is 0 Å². The van der Waals surface area contributed by atoms with E-state index in [1.54, 1.807) is 12.1 Å². The van der Waals surface area contributed by atoms with Gasteiger partial charge in [-0.1, -0.05) is 6.08 Å². The van der Waals surface area contributed by atoms with E-state index in [2.05, 4.69) is 32.6 Å². The first-order valence-corrected chi connectivity index (χ1v) is 8.70. The smallest absolute Gasteiger partial charge is 0.395 e. The van der Waals surface area contributed by atoms with Gasteiger partial charge in [0.1, 0.15) is 5.82 Å². The molecule has 0 aliphatic rings. The number of nitrogens with zero attached hydrogens (tertiary/aromatic N) is 2. The second kappa shape index (κ2) is 8.65. The van der Waals surface area contributed by atoms with Gasteiger partial charge in [0.2, 0.25) is 0 Å². The number of benzene rings is 1. The Balaban J connectivity index is 2.39. The molecule has 26 heavy (non-hydrogen) atoms. The summed E-state index contributed by atoms with van der Waals surface area (Å²) < 4.78 is 12.0. The molecule has 0 radical (unpaired) electrons. The van der Waals surface area contributed by atoms with Crippen LogP contribution in [0.5, 0.6) is 17.4 Å². The quantitative estimate of drug-likeness (QED) is 0.360. The highest BCUT2D eigenvalue weighted by molar-refractivity contribution is 14.1. The zero-order valence-electron chi connectivity index (χ0n) is 14.0. The van der Waals surface area contributed by atoms with Crippen molar-refractivity contribution >= 4 is 40.4 Å². The summed E-state index contributed by atoms with van der Waals surface area (Å²) in [6.07, 6.45) is 3.05. The fourth-order valence-electron chi connectivity index (χ4n) is 2.12. The van der Waals surface area contributed by atoms with Crippen molar-refractivity contribution in [2.45, 2.75) is 13.8 Å². The van der Waals surface area contributed by atoms with Crippen LogP contribution in [0.3, 0.4) is 0 Å². The van der Waals surface area contributed by atoms with Crippen molar-refractivity contribution in [3.05, 3.63) is 47.6 Å². The minimum atomic E-state index is -1.03. The molecule has 138 valence electrons. The molecule has 0 aliphatic carbocycles. The largest absolute Gasteiger partial charge is 0.490 e. The summed E-state index contributed by atoms with van der Waals surface area (Å²) >= 11 is 2.12. The monoisotopic (exact) mass is 473 g/mol.